The number of nitro groups is 1. The van der Waals surface area contributed by atoms with Crippen molar-refractivity contribution in [1.29, 1.82) is 0 Å². The number of fused-ring (bicyclic) bond motifs is 1. The van der Waals surface area contributed by atoms with Crippen molar-refractivity contribution in [1.82, 2.24) is 9.97 Å². The van der Waals surface area contributed by atoms with Gasteiger partial charge in [-0.1, -0.05) is 30.0 Å². The topological polar surface area (TPSA) is 108 Å². The number of furan rings is 1. The Morgan fingerprint density at radius 2 is 1.93 bits per heavy atom. The molecule has 0 N–H and O–H groups in total. The van der Waals surface area contributed by atoms with Gasteiger partial charge in [-0.2, -0.15) is 0 Å². The molecule has 0 atom stereocenters. The number of thioether (sulfide) groups is 1. The van der Waals surface area contributed by atoms with E-state index >= 15 is 0 Å². The highest BCUT2D eigenvalue weighted by atomic mass is 32.2. The summed E-state index contributed by atoms with van der Waals surface area (Å²) in [6.45, 7) is 1.58. The Morgan fingerprint density at radius 1 is 1.17 bits per heavy atom. The van der Waals surface area contributed by atoms with Crippen molar-refractivity contribution in [3.05, 3.63) is 87.9 Å². The van der Waals surface area contributed by atoms with Crippen molar-refractivity contribution in [2.24, 2.45) is 0 Å². The normalized spacial score (nSPS) is 10.8. The molecule has 2 aromatic heterocycles. The lowest BCUT2D eigenvalue weighted by molar-refractivity contribution is -0.385. The predicted octanol–water partition coefficient (Wildman–Crippen LogP) is 4.95. The minimum absolute atomic E-state index is 0.0431. The van der Waals surface area contributed by atoms with E-state index < -0.39 is 10.9 Å². The first-order valence-electron chi connectivity index (χ1n) is 8.90. The first-order valence-corrected chi connectivity index (χ1v) is 9.89. The van der Waals surface area contributed by atoms with Crippen LogP contribution < -0.4 is 4.74 Å². The van der Waals surface area contributed by atoms with E-state index in [0.29, 0.717) is 27.6 Å². The molecule has 0 aliphatic carbocycles. The minimum Gasteiger partial charge on any atom is -0.449 e. The molecule has 0 bridgehead atoms. The highest BCUT2D eigenvalue weighted by Gasteiger charge is 2.23. The Morgan fingerprint density at radius 3 is 2.67 bits per heavy atom. The molecule has 0 saturated carbocycles. The van der Waals surface area contributed by atoms with Gasteiger partial charge in [0.05, 0.1) is 4.92 Å². The Labute approximate surface area is 175 Å². The van der Waals surface area contributed by atoms with Gasteiger partial charge < -0.3 is 9.15 Å². The number of hydrogen-bond acceptors (Lipinski definition) is 8. The SMILES string of the molecule is Cc1cc(OC(=O)c2oc3ccccc3c2CSc2ncccn2)ccc1[N+](=O)[O-]. The number of nitro benzene ring substituents is 1. The molecule has 4 rings (SSSR count). The van der Waals surface area contributed by atoms with Gasteiger partial charge in [-0.05, 0) is 31.2 Å². The summed E-state index contributed by atoms with van der Waals surface area (Å²) in [4.78, 5) is 31.7. The Hall–Kier alpha value is -3.72. The van der Waals surface area contributed by atoms with Crippen LogP contribution in [-0.2, 0) is 5.75 Å². The minimum atomic E-state index is -0.677. The summed E-state index contributed by atoms with van der Waals surface area (Å²) in [5, 5.41) is 12.4. The van der Waals surface area contributed by atoms with E-state index in [0.717, 1.165) is 5.39 Å². The summed E-state index contributed by atoms with van der Waals surface area (Å²) in [5.41, 5.74) is 1.59. The predicted molar refractivity (Wildman–Crippen MR) is 111 cm³/mol. The summed E-state index contributed by atoms with van der Waals surface area (Å²) in [6.07, 6.45) is 3.30. The molecule has 0 aliphatic rings. The van der Waals surface area contributed by atoms with Gasteiger partial charge in [0.2, 0.25) is 5.76 Å². The number of aryl methyl sites for hydroxylation is 1. The second-order valence-electron chi connectivity index (χ2n) is 6.32. The van der Waals surface area contributed by atoms with Crippen molar-refractivity contribution in [3.63, 3.8) is 0 Å². The molecule has 0 amide bonds. The number of esters is 1. The molecule has 150 valence electrons. The van der Waals surface area contributed by atoms with Crippen LogP contribution in [0.5, 0.6) is 5.75 Å². The summed E-state index contributed by atoms with van der Waals surface area (Å²) < 4.78 is 11.2. The molecule has 0 aliphatic heterocycles. The van der Waals surface area contributed by atoms with Crippen LogP contribution in [0.25, 0.3) is 11.0 Å². The monoisotopic (exact) mass is 421 g/mol. The fraction of sp³-hybridized carbons (Fsp3) is 0.0952. The number of para-hydroxylation sites is 1. The zero-order valence-corrected chi connectivity index (χ0v) is 16.6. The molecule has 0 saturated heterocycles. The van der Waals surface area contributed by atoms with E-state index in [2.05, 4.69) is 9.97 Å². The van der Waals surface area contributed by atoms with Gasteiger partial charge in [0.25, 0.3) is 5.69 Å². The molecule has 2 heterocycles. The van der Waals surface area contributed by atoms with Gasteiger partial charge in [-0.3, -0.25) is 10.1 Å². The molecule has 0 radical (unpaired) electrons. The number of aromatic nitrogens is 2. The zero-order valence-electron chi connectivity index (χ0n) is 15.8. The first-order chi connectivity index (χ1) is 14.5. The smallest absolute Gasteiger partial charge is 0.379 e. The fourth-order valence-electron chi connectivity index (χ4n) is 2.95. The second kappa shape index (κ2) is 8.34. The van der Waals surface area contributed by atoms with Crippen LogP contribution >= 0.6 is 11.8 Å². The summed E-state index contributed by atoms with van der Waals surface area (Å²) in [5.74, 6) is 0.0123. The molecule has 2 aromatic carbocycles. The first kappa shape index (κ1) is 19.6. The van der Waals surface area contributed by atoms with E-state index in [1.54, 1.807) is 31.5 Å². The number of carbonyl (C=O) groups is 1. The van der Waals surface area contributed by atoms with Crippen LogP contribution in [0.4, 0.5) is 5.69 Å². The van der Waals surface area contributed by atoms with Gasteiger partial charge in [0, 0.05) is 40.7 Å². The molecule has 0 spiro atoms. The summed E-state index contributed by atoms with van der Waals surface area (Å²) >= 11 is 1.37. The highest BCUT2D eigenvalue weighted by molar-refractivity contribution is 7.98. The van der Waals surface area contributed by atoms with E-state index in [9.17, 15) is 14.9 Å². The molecule has 8 nitrogen and oxygen atoms in total. The Kier molecular flexibility index (Phi) is 5.44. The van der Waals surface area contributed by atoms with Crippen molar-refractivity contribution in [2.45, 2.75) is 17.8 Å². The molecule has 4 aromatic rings. The number of carbonyl (C=O) groups excluding carboxylic acids is 1. The largest absolute Gasteiger partial charge is 0.449 e. The summed E-state index contributed by atoms with van der Waals surface area (Å²) in [6, 6.07) is 13.2. The molecular formula is C21H15N3O5S. The number of nitrogens with zero attached hydrogens (tertiary/aromatic N) is 3. The van der Waals surface area contributed by atoms with Crippen LogP contribution in [0, 0.1) is 17.0 Å². The fourth-order valence-corrected chi connectivity index (χ4v) is 3.78. The van der Waals surface area contributed by atoms with Gasteiger partial charge in [0.15, 0.2) is 5.16 Å². The number of hydrogen-bond donors (Lipinski definition) is 0. The maximum atomic E-state index is 12.9. The van der Waals surface area contributed by atoms with Crippen LogP contribution in [0.15, 0.2) is 70.5 Å². The van der Waals surface area contributed by atoms with Gasteiger partial charge in [0.1, 0.15) is 11.3 Å². The van der Waals surface area contributed by atoms with Gasteiger partial charge in [-0.25, -0.2) is 14.8 Å². The Bertz CT molecular complexity index is 1240. The number of rotatable bonds is 6. The molecular weight excluding hydrogens is 406 g/mol. The van der Waals surface area contributed by atoms with Crippen LogP contribution in [0.2, 0.25) is 0 Å². The maximum absolute atomic E-state index is 12.9. The maximum Gasteiger partial charge on any atom is 0.379 e. The summed E-state index contributed by atoms with van der Waals surface area (Å²) in [7, 11) is 0. The van der Waals surface area contributed by atoms with Crippen LogP contribution in [0.3, 0.4) is 0 Å². The molecule has 0 unspecified atom stereocenters. The Balaban J connectivity index is 1.63. The van der Waals surface area contributed by atoms with E-state index in [-0.39, 0.29) is 17.2 Å². The average Bonchev–Trinajstić information content (AvgIpc) is 3.11. The van der Waals surface area contributed by atoms with E-state index in [4.69, 9.17) is 9.15 Å². The third kappa shape index (κ3) is 4.01. The van der Waals surface area contributed by atoms with Crippen molar-refractivity contribution in [2.75, 3.05) is 0 Å². The standard InChI is InChI=1S/C21H15N3O5S/c1-13-11-14(7-8-17(13)24(26)27)28-20(25)19-16(12-30-21-22-9-4-10-23-21)15-5-2-3-6-18(15)29-19/h2-11H,12H2,1H3. The highest BCUT2D eigenvalue weighted by Crippen LogP contribution is 2.32. The van der Waals surface area contributed by atoms with Crippen molar-refractivity contribution < 1.29 is 18.9 Å². The van der Waals surface area contributed by atoms with Gasteiger partial charge in [-0.15, -0.1) is 0 Å². The third-order valence-electron chi connectivity index (χ3n) is 4.35. The third-order valence-corrected chi connectivity index (χ3v) is 5.25. The second-order valence-corrected chi connectivity index (χ2v) is 7.26. The number of ether oxygens (including phenoxy) is 1. The average molecular weight is 421 g/mol. The van der Waals surface area contributed by atoms with Gasteiger partial charge >= 0.3 is 5.97 Å². The zero-order chi connectivity index (χ0) is 21.1. The van der Waals surface area contributed by atoms with Crippen LogP contribution in [0.1, 0.15) is 21.7 Å². The number of benzene rings is 2. The van der Waals surface area contributed by atoms with E-state index in [1.165, 1.54) is 30.0 Å². The molecule has 9 heteroatoms. The molecule has 0 fully saturated rings. The van der Waals surface area contributed by atoms with Crippen molar-refractivity contribution >= 4 is 34.4 Å². The quantitative estimate of drug-likeness (QED) is 0.107. The van der Waals surface area contributed by atoms with Crippen molar-refractivity contribution in [3.8, 4) is 5.75 Å². The van der Waals surface area contributed by atoms with Crippen LogP contribution in [-0.4, -0.2) is 20.9 Å². The lowest BCUT2D eigenvalue weighted by Gasteiger charge is -2.06. The van der Waals surface area contributed by atoms with E-state index in [1.807, 2.05) is 18.2 Å². The lowest BCUT2D eigenvalue weighted by atomic mass is 10.1. The molecule has 30 heavy (non-hydrogen) atoms. The lowest BCUT2D eigenvalue weighted by Crippen LogP contribution is -2.10.